The predicted molar refractivity (Wildman–Crippen MR) is 46.9 cm³/mol. The fourth-order valence-electron chi connectivity index (χ4n) is 0.842. The van der Waals surface area contributed by atoms with E-state index < -0.39 is 0 Å². The number of carbonyl (C=O) groups is 1. The number of esters is 1. The van der Waals surface area contributed by atoms with Crippen molar-refractivity contribution in [1.29, 1.82) is 0 Å². The van der Waals surface area contributed by atoms with Crippen molar-refractivity contribution in [3.8, 4) is 0 Å². The molecule has 0 aromatic carbocycles. The third kappa shape index (κ3) is 2.28. The number of aromatic nitrogens is 3. The molecule has 0 bridgehead atoms. The molecule has 7 heteroatoms. The van der Waals surface area contributed by atoms with Crippen molar-refractivity contribution < 1.29 is 9.53 Å². The number of nitrogens with one attached hydrogen (secondary N) is 2. The molecule has 72 valence electrons. The Labute approximate surface area is 78.5 Å². The zero-order chi connectivity index (χ0) is 9.84. The number of carbonyl (C=O) groups excluding carboxylic acids is 1. The molecule has 13 heavy (non-hydrogen) atoms. The maximum absolute atomic E-state index is 11.0. The molecule has 1 heterocycles. The van der Waals surface area contributed by atoms with Gasteiger partial charge in [0.2, 0.25) is 0 Å². The number of H-pyrrole nitrogens is 2. The Morgan fingerprint density at radius 3 is 2.77 bits per heavy atom. The lowest BCUT2D eigenvalue weighted by molar-refractivity contribution is -0.140. The molecule has 0 atom stereocenters. The standard InChI is InChI=1S/C6H9N3O3S/c1-12-4(10)2-3-9-5(11)7-8-6(9)13/h2-3H2,1H3,(H,7,11)(H,8,13). The first-order valence-corrected chi connectivity index (χ1v) is 4.00. The van der Waals surface area contributed by atoms with Crippen LogP contribution in [0, 0.1) is 4.77 Å². The van der Waals surface area contributed by atoms with E-state index in [9.17, 15) is 9.59 Å². The molecule has 0 radical (unpaired) electrons. The van der Waals surface area contributed by atoms with E-state index in [1.54, 1.807) is 0 Å². The highest BCUT2D eigenvalue weighted by Crippen LogP contribution is 1.89. The van der Waals surface area contributed by atoms with Crippen molar-refractivity contribution >= 4 is 18.2 Å². The Hall–Kier alpha value is -1.37. The zero-order valence-electron chi connectivity index (χ0n) is 6.99. The van der Waals surface area contributed by atoms with E-state index in [2.05, 4.69) is 14.9 Å². The summed E-state index contributed by atoms with van der Waals surface area (Å²) in [7, 11) is 1.29. The van der Waals surface area contributed by atoms with Crippen molar-refractivity contribution in [3.63, 3.8) is 0 Å². The number of hydrogen-bond acceptors (Lipinski definition) is 4. The van der Waals surface area contributed by atoms with Crippen LogP contribution >= 0.6 is 12.2 Å². The van der Waals surface area contributed by atoms with Gasteiger partial charge in [0.05, 0.1) is 13.5 Å². The smallest absolute Gasteiger partial charge is 0.342 e. The Balaban J connectivity index is 2.70. The highest BCUT2D eigenvalue weighted by atomic mass is 32.1. The van der Waals surface area contributed by atoms with Gasteiger partial charge in [0.25, 0.3) is 0 Å². The molecule has 1 aromatic rings. The number of nitrogens with zero attached hydrogens (tertiary/aromatic N) is 1. The van der Waals surface area contributed by atoms with E-state index in [1.165, 1.54) is 11.7 Å². The lowest BCUT2D eigenvalue weighted by Gasteiger charge is -1.98. The predicted octanol–water partition coefficient (Wildman–Crippen LogP) is -0.203. The first kappa shape index (κ1) is 9.72. The maximum Gasteiger partial charge on any atom is 0.342 e. The number of ether oxygens (including phenoxy) is 1. The molecule has 1 aromatic heterocycles. The van der Waals surface area contributed by atoms with E-state index in [4.69, 9.17) is 12.2 Å². The third-order valence-corrected chi connectivity index (χ3v) is 1.86. The van der Waals surface area contributed by atoms with Gasteiger partial charge in [-0.1, -0.05) is 0 Å². The summed E-state index contributed by atoms with van der Waals surface area (Å²) in [6.07, 6.45) is 0.131. The molecule has 0 aliphatic heterocycles. The molecule has 0 fully saturated rings. The van der Waals surface area contributed by atoms with Crippen LogP contribution in [0.1, 0.15) is 6.42 Å². The Morgan fingerprint density at radius 2 is 2.31 bits per heavy atom. The van der Waals surface area contributed by atoms with Crippen LogP contribution in [0.15, 0.2) is 4.79 Å². The van der Waals surface area contributed by atoms with Crippen LogP contribution in [0.4, 0.5) is 0 Å². The Bertz CT molecular complexity index is 374. The Morgan fingerprint density at radius 1 is 1.62 bits per heavy atom. The van der Waals surface area contributed by atoms with Crippen molar-refractivity contribution in [2.45, 2.75) is 13.0 Å². The highest BCUT2D eigenvalue weighted by Gasteiger charge is 2.04. The molecule has 0 amide bonds. The lowest BCUT2D eigenvalue weighted by atomic mass is 10.4. The summed E-state index contributed by atoms with van der Waals surface area (Å²) in [5.41, 5.74) is -0.353. The molecule has 0 unspecified atom stereocenters. The molecule has 0 saturated carbocycles. The zero-order valence-corrected chi connectivity index (χ0v) is 7.81. The number of methoxy groups -OCH3 is 1. The topological polar surface area (TPSA) is 79.9 Å². The molecule has 0 saturated heterocycles. The van der Waals surface area contributed by atoms with Crippen LogP contribution in [0.2, 0.25) is 0 Å². The molecule has 0 aliphatic rings. The fraction of sp³-hybridized carbons (Fsp3) is 0.500. The van der Waals surface area contributed by atoms with Crippen LogP contribution in [0.3, 0.4) is 0 Å². The number of hydrogen-bond donors (Lipinski definition) is 2. The largest absolute Gasteiger partial charge is 0.469 e. The van der Waals surface area contributed by atoms with Crippen molar-refractivity contribution in [2.24, 2.45) is 0 Å². The first-order chi connectivity index (χ1) is 6.15. The van der Waals surface area contributed by atoms with Gasteiger partial charge in [-0.3, -0.25) is 14.5 Å². The normalized spacial score (nSPS) is 9.92. The van der Waals surface area contributed by atoms with Gasteiger partial charge >= 0.3 is 11.7 Å². The van der Waals surface area contributed by atoms with Gasteiger partial charge in [0.1, 0.15) is 0 Å². The van der Waals surface area contributed by atoms with Gasteiger partial charge in [-0.05, 0) is 12.2 Å². The summed E-state index contributed by atoms with van der Waals surface area (Å²) < 4.78 is 5.95. The molecule has 0 spiro atoms. The average Bonchev–Trinajstić information content (AvgIpc) is 2.43. The molecular weight excluding hydrogens is 194 g/mol. The summed E-state index contributed by atoms with van der Waals surface area (Å²) in [5.74, 6) is -0.373. The summed E-state index contributed by atoms with van der Waals surface area (Å²) in [5, 5.41) is 4.77. The van der Waals surface area contributed by atoms with Gasteiger partial charge in [-0.15, -0.1) is 0 Å². The fourth-order valence-corrected chi connectivity index (χ4v) is 1.07. The van der Waals surface area contributed by atoms with Crippen LogP contribution in [-0.2, 0) is 16.1 Å². The van der Waals surface area contributed by atoms with E-state index >= 15 is 0 Å². The monoisotopic (exact) mass is 203 g/mol. The highest BCUT2D eigenvalue weighted by molar-refractivity contribution is 7.71. The summed E-state index contributed by atoms with van der Waals surface area (Å²) in [6.45, 7) is 0.227. The van der Waals surface area contributed by atoms with E-state index in [1.807, 2.05) is 0 Å². The van der Waals surface area contributed by atoms with Gasteiger partial charge in [-0.25, -0.2) is 9.89 Å². The molecular formula is C6H9N3O3S. The number of aromatic amines is 2. The summed E-state index contributed by atoms with van der Waals surface area (Å²) in [6, 6.07) is 0. The van der Waals surface area contributed by atoms with Crippen LogP contribution < -0.4 is 5.69 Å². The minimum Gasteiger partial charge on any atom is -0.469 e. The first-order valence-electron chi connectivity index (χ1n) is 3.59. The second-order valence-electron chi connectivity index (χ2n) is 2.34. The van der Waals surface area contributed by atoms with Gasteiger partial charge in [0, 0.05) is 6.54 Å². The summed E-state index contributed by atoms with van der Waals surface area (Å²) >= 11 is 4.79. The summed E-state index contributed by atoms with van der Waals surface area (Å²) in [4.78, 5) is 21.7. The molecule has 0 aliphatic carbocycles. The molecule has 2 N–H and O–H groups in total. The maximum atomic E-state index is 11.0. The Kier molecular flexibility index (Phi) is 3.02. The average molecular weight is 203 g/mol. The lowest BCUT2D eigenvalue weighted by Crippen LogP contribution is -2.19. The van der Waals surface area contributed by atoms with E-state index in [-0.39, 0.29) is 29.4 Å². The van der Waals surface area contributed by atoms with Gasteiger partial charge < -0.3 is 4.74 Å². The minimum absolute atomic E-state index is 0.131. The van der Waals surface area contributed by atoms with E-state index in [0.717, 1.165) is 0 Å². The quantitative estimate of drug-likeness (QED) is 0.526. The second-order valence-corrected chi connectivity index (χ2v) is 2.72. The SMILES string of the molecule is COC(=O)CCn1c(=O)[nH][nH]c1=S. The minimum atomic E-state index is -0.373. The van der Waals surface area contributed by atoms with Gasteiger partial charge in [-0.2, -0.15) is 0 Å². The van der Waals surface area contributed by atoms with E-state index in [0.29, 0.717) is 0 Å². The van der Waals surface area contributed by atoms with Crippen LogP contribution in [0.25, 0.3) is 0 Å². The molecule has 1 rings (SSSR count). The van der Waals surface area contributed by atoms with Crippen LogP contribution in [-0.4, -0.2) is 27.8 Å². The third-order valence-electron chi connectivity index (χ3n) is 1.53. The molecule has 6 nitrogen and oxygen atoms in total. The van der Waals surface area contributed by atoms with Crippen molar-refractivity contribution in [3.05, 3.63) is 15.3 Å². The van der Waals surface area contributed by atoms with Crippen molar-refractivity contribution in [2.75, 3.05) is 7.11 Å². The van der Waals surface area contributed by atoms with Gasteiger partial charge in [0.15, 0.2) is 4.77 Å². The second kappa shape index (κ2) is 4.04. The van der Waals surface area contributed by atoms with Crippen LogP contribution in [0.5, 0.6) is 0 Å². The van der Waals surface area contributed by atoms with Crippen molar-refractivity contribution in [1.82, 2.24) is 14.8 Å². The number of rotatable bonds is 3.